The number of benzene rings is 2. The van der Waals surface area contributed by atoms with Crippen LogP contribution in [0.1, 0.15) is 11.1 Å². The Labute approximate surface area is 88.5 Å². The van der Waals surface area contributed by atoms with Crippen LogP contribution in [0.3, 0.4) is 0 Å². The second kappa shape index (κ2) is 3.89. The number of hydrogen-bond donors (Lipinski definition) is 0. The Kier molecular flexibility index (Phi) is 2.58. The van der Waals surface area contributed by atoms with Crippen molar-refractivity contribution in [3.8, 4) is 5.75 Å². The van der Waals surface area contributed by atoms with E-state index >= 15 is 0 Å². The molecule has 0 saturated carbocycles. The Hall–Kier alpha value is -1.57. The zero-order valence-electron chi connectivity index (χ0n) is 8.88. The van der Waals surface area contributed by atoms with Crippen molar-refractivity contribution < 1.29 is 9.13 Å². The summed E-state index contributed by atoms with van der Waals surface area (Å²) in [6, 6.07) is 10.0. The van der Waals surface area contributed by atoms with E-state index in [2.05, 4.69) is 6.07 Å². The third-order valence-electron chi connectivity index (χ3n) is 2.52. The van der Waals surface area contributed by atoms with Gasteiger partial charge >= 0.3 is 0 Å². The number of hydrogen-bond acceptors (Lipinski definition) is 1. The Morgan fingerprint density at radius 1 is 1.13 bits per heavy atom. The largest absolute Gasteiger partial charge is 0.462 e. The molecule has 0 amide bonds. The van der Waals surface area contributed by atoms with E-state index in [4.69, 9.17) is 4.74 Å². The smallest absolute Gasteiger partial charge is 0.228 e. The minimum atomic E-state index is -0.784. The molecule has 0 fully saturated rings. The third kappa shape index (κ3) is 1.80. The molecule has 2 rings (SSSR count). The SMILES string of the molecule is Cc1ccc2c(OCF)c(C)ccc2c1. The second-order valence-electron chi connectivity index (χ2n) is 3.69. The number of fused-ring (bicyclic) bond motifs is 1. The van der Waals surface area contributed by atoms with Crippen LogP contribution in [0.15, 0.2) is 30.3 Å². The van der Waals surface area contributed by atoms with Crippen molar-refractivity contribution in [3.63, 3.8) is 0 Å². The number of halogens is 1. The van der Waals surface area contributed by atoms with Crippen molar-refractivity contribution in [2.24, 2.45) is 0 Å². The lowest BCUT2D eigenvalue weighted by molar-refractivity contribution is 0.193. The van der Waals surface area contributed by atoms with Gasteiger partial charge in [-0.15, -0.1) is 0 Å². The van der Waals surface area contributed by atoms with Crippen LogP contribution in [-0.4, -0.2) is 6.86 Å². The first-order valence-electron chi connectivity index (χ1n) is 4.91. The van der Waals surface area contributed by atoms with Crippen molar-refractivity contribution in [1.29, 1.82) is 0 Å². The van der Waals surface area contributed by atoms with E-state index in [0.717, 1.165) is 16.3 Å². The summed E-state index contributed by atoms with van der Waals surface area (Å²) in [4.78, 5) is 0. The number of alkyl halides is 1. The summed E-state index contributed by atoms with van der Waals surface area (Å²) < 4.78 is 17.3. The summed E-state index contributed by atoms with van der Waals surface area (Å²) in [6.07, 6.45) is 0. The summed E-state index contributed by atoms with van der Waals surface area (Å²) in [5.41, 5.74) is 2.15. The molecule has 0 spiro atoms. The number of rotatable bonds is 2. The van der Waals surface area contributed by atoms with Gasteiger partial charge < -0.3 is 4.74 Å². The molecular weight excluding hydrogens is 191 g/mol. The minimum Gasteiger partial charge on any atom is -0.462 e. The van der Waals surface area contributed by atoms with Gasteiger partial charge in [-0.25, -0.2) is 4.39 Å². The Balaban J connectivity index is 2.70. The molecule has 2 heteroatoms. The van der Waals surface area contributed by atoms with E-state index in [0.29, 0.717) is 5.75 Å². The molecule has 0 radical (unpaired) electrons. The lowest BCUT2D eigenvalue weighted by atomic mass is 10.0. The average Bonchev–Trinajstić information content (AvgIpc) is 2.22. The third-order valence-corrected chi connectivity index (χ3v) is 2.52. The van der Waals surface area contributed by atoms with Gasteiger partial charge in [0.05, 0.1) is 0 Å². The van der Waals surface area contributed by atoms with Crippen molar-refractivity contribution in [1.82, 2.24) is 0 Å². The lowest BCUT2D eigenvalue weighted by Crippen LogP contribution is -1.94. The molecule has 0 heterocycles. The van der Waals surface area contributed by atoms with E-state index < -0.39 is 6.86 Å². The first-order valence-corrected chi connectivity index (χ1v) is 4.91. The van der Waals surface area contributed by atoms with Gasteiger partial charge in [0.25, 0.3) is 0 Å². The van der Waals surface area contributed by atoms with Gasteiger partial charge in [-0.3, -0.25) is 0 Å². The zero-order chi connectivity index (χ0) is 10.8. The maximum atomic E-state index is 12.2. The van der Waals surface area contributed by atoms with Gasteiger partial charge in [0, 0.05) is 5.39 Å². The van der Waals surface area contributed by atoms with Gasteiger partial charge in [0.1, 0.15) is 5.75 Å². The molecule has 0 aliphatic rings. The van der Waals surface area contributed by atoms with Crippen LogP contribution in [0.2, 0.25) is 0 Å². The lowest BCUT2D eigenvalue weighted by Gasteiger charge is -2.09. The number of aryl methyl sites for hydroxylation is 2. The minimum absolute atomic E-state index is 0.648. The van der Waals surface area contributed by atoms with Gasteiger partial charge in [-0.05, 0) is 24.8 Å². The summed E-state index contributed by atoms with van der Waals surface area (Å²) in [5.74, 6) is 0.648. The van der Waals surface area contributed by atoms with E-state index in [1.807, 2.05) is 38.1 Å². The predicted octanol–water partition coefficient (Wildman–Crippen LogP) is 3.76. The molecule has 0 atom stereocenters. The summed E-state index contributed by atoms with van der Waals surface area (Å²) >= 11 is 0. The molecule has 78 valence electrons. The van der Waals surface area contributed by atoms with Gasteiger partial charge in [-0.2, -0.15) is 0 Å². The molecule has 15 heavy (non-hydrogen) atoms. The van der Waals surface area contributed by atoms with E-state index in [1.165, 1.54) is 5.56 Å². The molecule has 0 unspecified atom stereocenters. The molecule has 0 N–H and O–H groups in total. The maximum Gasteiger partial charge on any atom is 0.228 e. The molecule has 0 bridgehead atoms. The zero-order valence-corrected chi connectivity index (χ0v) is 8.88. The highest BCUT2D eigenvalue weighted by atomic mass is 19.1. The van der Waals surface area contributed by atoms with Crippen LogP contribution in [-0.2, 0) is 0 Å². The monoisotopic (exact) mass is 204 g/mol. The topological polar surface area (TPSA) is 9.23 Å². The van der Waals surface area contributed by atoms with Crippen LogP contribution >= 0.6 is 0 Å². The van der Waals surface area contributed by atoms with Crippen LogP contribution in [0, 0.1) is 13.8 Å². The van der Waals surface area contributed by atoms with Crippen molar-refractivity contribution >= 4 is 10.8 Å². The predicted molar refractivity (Wildman–Crippen MR) is 60.0 cm³/mol. The fourth-order valence-corrected chi connectivity index (χ4v) is 1.78. The van der Waals surface area contributed by atoms with E-state index in [-0.39, 0.29) is 0 Å². The van der Waals surface area contributed by atoms with Gasteiger partial charge in [0.2, 0.25) is 6.86 Å². The Morgan fingerprint density at radius 3 is 2.67 bits per heavy atom. The van der Waals surface area contributed by atoms with Crippen LogP contribution < -0.4 is 4.74 Å². The molecule has 0 aliphatic carbocycles. The second-order valence-corrected chi connectivity index (χ2v) is 3.69. The van der Waals surface area contributed by atoms with Crippen LogP contribution in [0.4, 0.5) is 4.39 Å². The highest BCUT2D eigenvalue weighted by Crippen LogP contribution is 2.30. The summed E-state index contributed by atoms with van der Waals surface area (Å²) in [7, 11) is 0. The molecule has 0 aromatic heterocycles. The van der Waals surface area contributed by atoms with Crippen molar-refractivity contribution in [2.75, 3.05) is 6.86 Å². The van der Waals surface area contributed by atoms with Gasteiger partial charge in [0.15, 0.2) is 0 Å². The fourth-order valence-electron chi connectivity index (χ4n) is 1.78. The van der Waals surface area contributed by atoms with E-state index in [1.54, 1.807) is 0 Å². The molecule has 0 saturated heterocycles. The average molecular weight is 204 g/mol. The first-order chi connectivity index (χ1) is 7.22. The quantitative estimate of drug-likeness (QED) is 0.723. The van der Waals surface area contributed by atoms with Crippen LogP contribution in [0.5, 0.6) is 5.75 Å². The standard InChI is InChI=1S/C13H13FO/c1-9-3-6-12-11(7-9)5-4-10(2)13(12)15-8-14/h3-7H,8H2,1-2H3. The van der Waals surface area contributed by atoms with Crippen LogP contribution in [0.25, 0.3) is 10.8 Å². The molecular formula is C13H13FO. The highest BCUT2D eigenvalue weighted by Gasteiger charge is 2.05. The number of ether oxygens (including phenoxy) is 1. The highest BCUT2D eigenvalue weighted by molar-refractivity contribution is 5.90. The van der Waals surface area contributed by atoms with Gasteiger partial charge in [-0.1, -0.05) is 35.9 Å². The van der Waals surface area contributed by atoms with E-state index in [9.17, 15) is 4.39 Å². The fraction of sp³-hybridized carbons (Fsp3) is 0.231. The Bertz CT molecular complexity index is 491. The van der Waals surface area contributed by atoms with Crippen molar-refractivity contribution in [2.45, 2.75) is 13.8 Å². The molecule has 2 aromatic carbocycles. The summed E-state index contributed by atoms with van der Waals surface area (Å²) in [6.45, 7) is 3.17. The molecule has 1 nitrogen and oxygen atoms in total. The maximum absolute atomic E-state index is 12.2. The normalized spacial score (nSPS) is 10.6. The molecule has 2 aromatic rings. The molecule has 0 aliphatic heterocycles. The summed E-state index contributed by atoms with van der Waals surface area (Å²) in [5, 5.41) is 2.06. The Morgan fingerprint density at radius 2 is 1.93 bits per heavy atom. The van der Waals surface area contributed by atoms with Crippen molar-refractivity contribution in [3.05, 3.63) is 41.5 Å². The first kappa shape index (κ1) is 9.97.